The van der Waals surface area contributed by atoms with Crippen LogP contribution in [0.3, 0.4) is 0 Å². The molecule has 0 aliphatic carbocycles. The zero-order valence-electron chi connectivity index (χ0n) is 43.2. The Morgan fingerprint density at radius 2 is 0.806 bits per heavy atom. The van der Waals surface area contributed by atoms with Crippen molar-refractivity contribution in [1.82, 2.24) is 0 Å². The van der Waals surface area contributed by atoms with Gasteiger partial charge in [0.2, 0.25) is 12.9 Å². The van der Waals surface area contributed by atoms with Gasteiger partial charge in [0, 0.05) is 0 Å². The molecule has 0 aromatic heterocycles. The highest BCUT2D eigenvalue weighted by Gasteiger charge is 2.93. The van der Waals surface area contributed by atoms with E-state index < -0.39 is 239 Å². The monoisotopic (exact) mass is 1070 g/mol. The van der Waals surface area contributed by atoms with Crippen LogP contribution in [0.25, 0.3) is 0 Å². The topological polar surface area (TPSA) is 580 Å². The molecular weight excluding hydrogens is 996 g/mol. The van der Waals surface area contributed by atoms with E-state index in [0.29, 0.717) is 0 Å². The van der Waals surface area contributed by atoms with E-state index in [4.69, 9.17) is 65.5 Å². The van der Waals surface area contributed by atoms with Crippen molar-refractivity contribution in [3.8, 4) is 0 Å². The summed E-state index contributed by atoms with van der Waals surface area (Å²) in [5.74, 6) is -5.04. The van der Waals surface area contributed by atoms with Crippen molar-refractivity contribution in [2.45, 2.75) is 193 Å². The Hall–Kier alpha value is -1.32. The van der Waals surface area contributed by atoms with Gasteiger partial charge in [-0.05, 0) is 0 Å². The molecule has 0 aromatic rings. The van der Waals surface area contributed by atoms with Crippen LogP contribution in [0.15, 0.2) is 0 Å². The smallest absolute Gasteiger partial charge is 0.236 e. The highest BCUT2D eigenvalue weighted by molar-refractivity contribution is 5.39. The quantitative estimate of drug-likeness (QED) is 0.0682. The van der Waals surface area contributed by atoms with Gasteiger partial charge in [0.25, 0.3) is 0 Å². The molecule has 72 heavy (non-hydrogen) atoms. The van der Waals surface area contributed by atoms with Crippen LogP contribution >= 0.6 is 0 Å². The first-order valence-corrected chi connectivity index (χ1v) is 22.4. The molecule has 0 radical (unpaired) electrons. The summed E-state index contributed by atoms with van der Waals surface area (Å²) in [5, 5.41) is 262. The SMILES string of the molecule is [2H]O[C@H]1C([C@]2(O)[C@@](O)(C3OC[C@@H](O)[C@H](O)[C@H]3O[2H])[C@](CO)(C3O[C@H](CO)[C@@H](O)[C@H](O)[C@H]3O[2H])OC(OC3OC[C@@H](O)[C@H](O)[C@H]3O[2H])(C3([2H])O[C@H](CO)[C@@H](O)[C@H](O)[C@H]3O)[C@@]2(O)C2OC[C@@H](O)[C@H](O)[C@H]2O[2H])O[C@H](CO)[C@@H](O)[C@@H]1O. The molecule has 33 heteroatoms. The number of aliphatic hydroxyl groups excluding tert-OH is 22. The minimum Gasteiger partial charge on any atom is -0.394 e. The first kappa shape index (κ1) is 50.2. The van der Waals surface area contributed by atoms with E-state index in [1.54, 1.807) is 0 Å². The Bertz CT molecular complexity index is 1990. The summed E-state index contributed by atoms with van der Waals surface area (Å²) in [6, 6.07) is 0. The molecule has 33 nitrogen and oxygen atoms in total. The fourth-order valence-electron chi connectivity index (χ4n) is 11.0. The average molecular weight is 1070 g/mol. The average Bonchev–Trinajstić information content (AvgIpc) is 3.04. The van der Waals surface area contributed by atoms with Crippen molar-refractivity contribution >= 4 is 0 Å². The van der Waals surface area contributed by atoms with E-state index in [-0.39, 0.29) is 0 Å². The highest BCUT2D eigenvalue weighted by atomic mass is 16.8. The van der Waals surface area contributed by atoms with Gasteiger partial charge in [-0.25, -0.2) is 0 Å². The lowest BCUT2D eigenvalue weighted by Crippen LogP contribution is -3.01. The second-order valence-electron chi connectivity index (χ2n) is 19.0. The lowest BCUT2D eigenvalue weighted by molar-refractivity contribution is -0.562. The minimum atomic E-state index is -5.16. The molecule has 25 N–H and O–H groups in total. The van der Waals surface area contributed by atoms with E-state index in [1.165, 1.54) is 0 Å². The molecule has 7 rings (SSSR count). The zero-order valence-corrected chi connectivity index (χ0v) is 37.2. The maximum Gasteiger partial charge on any atom is 0.236 e. The number of hydrogen-bond donors (Lipinski definition) is 25. The molecule has 7 aliphatic heterocycles. The normalized spacial score (nSPS) is 61.2. The third-order valence-corrected chi connectivity index (χ3v) is 15.1. The molecule has 0 bridgehead atoms. The Balaban J connectivity index is 1.82. The Morgan fingerprint density at radius 1 is 0.417 bits per heavy atom. The maximum atomic E-state index is 15.0. The van der Waals surface area contributed by atoms with Crippen molar-refractivity contribution in [1.29, 1.82) is 7.16 Å². The Labute approximate surface area is 413 Å². The molecule has 0 spiro atoms. The van der Waals surface area contributed by atoms with Crippen molar-refractivity contribution in [3.05, 3.63) is 0 Å². The van der Waals surface area contributed by atoms with Crippen molar-refractivity contribution in [2.75, 3.05) is 46.2 Å². The molecule has 7 fully saturated rings. The van der Waals surface area contributed by atoms with Crippen LogP contribution in [0.4, 0.5) is 0 Å². The van der Waals surface area contributed by atoms with E-state index in [0.717, 1.165) is 0 Å². The van der Waals surface area contributed by atoms with Crippen LogP contribution in [0.1, 0.15) is 1.37 Å². The second kappa shape index (κ2) is 21.1. The van der Waals surface area contributed by atoms with E-state index in [2.05, 4.69) is 5.11 Å². The molecular formula is C39H66O33. The molecule has 7 saturated heterocycles. The lowest BCUT2D eigenvalue weighted by Gasteiger charge is -2.75. The van der Waals surface area contributed by atoms with Gasteiger partial charge in [0.1, 0.15) is 159 Å². The number of rotatable bonds is 16. The molecule has 0 amide bonds. The summed E-state index contributed by atoms with van der Waals surface area (Å²) in [6.45, 7) is -11.0. The number of aliphatic hydroxyl groups is 25. The summed E-state index contributed by atoms with van der Waals surface area (Å²) < 4.78 is 99.1. The van der Waals surface area contributed by atoms with Crippen LogP contribution in [0.2, 0.25) is 0 Å². The fourth-order valence-corrected chi connectivity index (χ4v) is 11.0. The summed E-state index contributed by atoms with van der Waals surface area (Å²) >= 11 is 0. The summed E-state index contributed by atoms with van der Waals surface area (Å²) in [4.78, 5) is 0. The van der Waals surface area contributed by atoms with Gasteiger partial charge in [-0.3, -0.25) is 0 Å². The maximum absolute atomic E-state index is 15.0. The summed E-state index contributed by atoms with van der Waals surface area (Å²) in [5.41, 5.74) is -19.6. The molecule has 0 aromatic carbocycles. The van der Waals surface area contributed by atoms with Gasteiger partial charge in [-0.15, -0.1) is 0 Å². The van der Waals surface area contributed by atoms with Crippen molar-refractivity contribution < 1.29 is 167 Å². The summed E-state index contributed by atoms with van der Waals surface area (Å²) in [7, 11) is 0. The van der Waals surface area contributed by atoms with Crippen molar-refractivity contribution in [2.24, 2.45) is 0 Å². The largest absolute Gasteiger partial charge is 0.394 e. The molecule has 7 heterocycles. The van der Waals surface area contributed by atoms with E-state index in [9.17, 15) is 98.4 Å². The van der Waals surface area contributed by atoms with Gasteiger partial charge in [-0.2, -0.15) is 0 Å². The van der Waals surface area contributed by atoms with E-state index in [1.807, 2.05) is 0 Å². The Kier molecular flexibility index (Phi) is 14.7. The number of ether oxygens (including phenoxy) is 8. The van der Waals surface area contributed by atoms with Crippen molar-refractivity contribution in [3.63, 3.8) is 0 Å². The highest BCUT2D eigenvalue weighted by Crippen LogP contribution is 2.65. The first-order valence-electron chi connectivity index (χ1n) is 25.0. The van der Waals surface area contributed by atoms with Gasteiger partial charge in [-0.1, -0.05) is 0 Å². The van der Waals surface area contributed by atoms with Gasteiger partial charge in [0.15, 0.2) is 28.7 Å². The zero-order chi connectivity index (χ0) is 58.2. The molecule has 32 atom stereocenters. The summed E-state index contributed by atoms with van der Waals surface area (Å²) in [6.07, 6.45) is -77.0. The van der Waals surface area contributed by atoms with Crippen LogP contribution in [0.5, 0.6) is 0 Å². The third-order valence-electron chi connectivity index (χ3n) is 15.1. The van der Waals surface area contributed by atoms with Crippen LogP contribution in [0, 0.1) is 0 Å². The van der Waals surface area contributed by atoms with Crippen LogP contribution in [-0.4, -0.2) is 374 Å². The standard InChI is InChI=1S/C39H66O33/c40-1-11-17(50)20(53)25(58)29(68-11)35(7-43)36(62,30-23(56)14(47)8(44)4-65-30)37(63,32-26(59)21(54)18(51)12(2-41)69-32)38(64,31-24(57)15(48)9(45)5-66-31)39(72-35,71-34-28(61)16(49)10(46)6-67-34)33-27(60)22(55)19(52)13(3-42)70-33/h8-34,40-64H,1-7H2/t8-,9-,10-,11-,12-,13-,14+,15+,16+,17-,18-,19-,20+,21+,22+,23-,24-,25-,26-,27-,28-,29?,30?,31?,32?,33?,34?,35+,36-,37+,38-,39?/m1/s1/i33D,56D,57D,58D,59D,61D. The van der Waals surface area contributed by atoms with Crippen LogP contribution < -0.4 is 0 Å². The predicted molar refractivity (Wildman–Crippen MR) is 214 cm³/mol. The van der Waals surface area contributed by atoms with Gasteiger partial charge in [0.05, 0.1) is 47.6 Å². The van der Waals surface area contributed by atoms with Gasteiger partial charge >= 0.3 is 0 Å². The lowest BCUT2D eigenvalue weighted by atomic mass is 9.48. The van der Waals surface area contributed by atoms with Gasteiger partial charge < -0.3 is 166 Å². The molecule has 420 valence electrons. The third kappa shape index (κ3) is 8.22. The minimum absolute atomic E-state index is 1.21. The number of hydrogen-bond acceptors (Lipinski definition) is 33. The first-order chi connectivity index (χ1) is 36.7. The predicted octanol–water partition coefficient (Wildman–Crippen LogP) is -17.4. The van der Waals surface area contributed by atoms with E-state index >= 15 is 5.11 Å². The fraction of sp³-hybridized carbons (Fsp3) is 1.00. The molecule has 0 saturated carbocycles. The second-order valence-corrected chi connectivity index (χ2v) is 19.0. The van der Waals surface area contributed by atoms with Crippen LogP contribution in [-0.2, 0) is 37.9 Å². The Morgan fingerprint density at radius 3 is 1.26 bits per heavy atom. The molecule has 7 aliphatic rings. The molecule has 7 unspecified atom stereocenters.